The number of carbonyl (C=O) groups excluding carboxylic acids is 1. The molecule has 0 aliphatic heterocycles. The van der Waals surface area contributed by atoms with Crippen LogP contribution in [0.3, 0.4) is 0 Å². The van der Waals surface area contributed by atoms with E-state index in [4.69, 9.17) is 27.9 Å². The minimum Gasteiger partial charge on any atom is -0.494 e. The van der Waals surface area contributed by atoms with Gasteiger partial charge in [-0.25, -0.2) is 0 Å². The highest BCUT2D eigenvalue weighted by Gasteiger charge is 2.24. The van der Waals surface area contributed by atoms with Crippen molar-refractivity contribution in [2.75, 3.05) is 18.5 Å². The van der Waals surface area contributed by atoms with Crippen molar-refractivity contribution in [2.24, 2.45) is 14.1 Å². The first-order chi connectivity index (χ1) is 23.8. The molecule has 0 unspecified atom stereocenters. The van der Waals surface area contributed by atoms with Gasteiger partial charge >= 0.3 is 0 Å². The number of nitrogens with one attached hydrogen (secondary N) is 2. The Morgan fingerprint density at radius 1 is 1.06 bits per heavy atom. The summed E-state index contributed by atoms with van der Waals surface area (Å²) in [4.78, 5) is 22.6. The van der Waals surface area contributed by atoms with Crippen molar-refractivity contribution in [3.63, 3.8) is 0 Å². The normalized spacial score (nSPS) is 12.3. The lowest BCUT2D eigenvalue weighted by Crippen LogP contribution is -2.30. The van der Waals surface area contributed by atoms with Gasteiger partial charge in [-0.2, -0.15) is 5.10 Å². The number of amides is 1. The number of halogens is 2. The number of fused-ring (bicyclic) bond motifs is 1. The van der Waals surface area contributed by atoms with Gasteiger partial charge in [0.05, 0.1) is 27.9 Å². The third-order valence-corrected chi connectivity index (χ3v) is 9.88. The van der Waals surface area contributed by atoms with Gasteiger partial charge in [0.1, 0.15) is 5.75 Å². The van der Waals surface area contributed by atoms with E-state index in [1.54, 1.807) is 12.1 Å². The second kappa shape index (κ2) is 15.4. The molecule has 50 heavy (non-hydrogen) atoms. The summed E-state index contributed by atoms with van der Waals surface area (Å²) in [7, 11) is 3.83. The zero-order valence-corrected chi connectivity index (χ0v) is 30.9. The summed E-state index contributed by atoms with van der Waals surface area (Å²) in [6.07, 6.45) is 6.04. The number of carbonyl (C=O) groups is 1. The number of hydrogen-bond donors (Lipinski definition) is 2. The molecule has 0 aliphatic carbocycles. The molecular formula is C38H42Cl2N6O4. The molecule has 2 heterocycles. The highest BCUT2D eigenvalue weighted by molar-refractivity contribution is 6.34. The van der Waals surface area contributed by atoms with E-state index in [1.807, 2.05) is 88.4 Å². The van der Waals surface area contributed by atoms with Crippen LogP contribution in [-0.4, -0.2) is 44.9 Å². The van der Waals surface area contributed by atoms with Gasteiger partial charge in [0.15, 0.2) is 0 Å². The average Bonchev–Trinajstić information content (AvgIpc) is 3.52. The van der Waals surface area contributed by atoms with E-state index >= 15 is 0 Å². The van der Waals surface area contributed by atoms with Gasteiger partial charge in [-0.1, -0.05) is 29.3 Å². The molecule has 0 bridgehead atoms. The lowest BCUT2D eigenvalue weighted by molar-refractivity contribution is -0.384. The lowest BCUT2D eigenvalue weighted by atomic mass is 9.91. The molecular weight excluding hydrogens is 675 g/mol. The van der Waals surface area contributed by atoms with Crippen molar-refractivity contribution in [2.45, 2.75) is 53.5 Å². The Hall–Kier alpha value is -4.80. The fourth-order valence-corrected chi connectivity index (χ4v) is 6.81. The molecule has 262 valence electrons. The van der Waals surface area contributed by atoms with Gasteiger partial charge < -0.3 is 19.9 Å². The summed E-state index contributed by atoms with van der Waals surface area (Å²) >= 11 is 13.4. The number of aryl methyl sites for hydroxylation is 5. The number of nitrogens with zero attached hydrogens (tertiary/aromatic N) is 4. The van der Waals surface area contributed by atoms with Gasteiger partial charge in [0.25, 0.3) is 5.69 Å². The lowest BCUT2D eigenvalue weighted by Gasteiger charge is -2.24. The van der Waals surface area contributed by atoms with Gasteiger partial charge in [0, 0.05) is 88.9 Å². The first-order valence-corrected chi connectivity index (χ1v) is 17.2. The fourth-order valence-electron chi connectivity index (χ4n) is 6.45. The number of anilines is 1. The molecule has 0 saturated heterocycles. The Kier molecular flexibility index (Phi) is 11.2. The second-order valence-corrected chi connectivity index (χ2v) is 13.5. The van der Waals surface area contributed by atoms with Gasteiger partial charge in [-0.3, -0.25) is 19.6 Å². The van der Waals surface area contributed by atoms with Crippen LogP contribution in [0.25, 0.3) is 33.7 Å². The highest BCUT2D eigenvalue weighted by Crippen LogP contribution is 2.44. The summed E-state index contributed by atoms with van der Waals surface area (Å²) in [5.41, 5.74) is 9.88. The molecule has 0 fully saturated rings. The van der Waals surface area contributed by atoms with Crippen LogP contribution in [0.5, 0.6) is 5.75 Å². The highest BCUT2D eigenvalue weighted by atomic mass is 35.5. The summed E-state index contributed by atoms with van der Waals surface area (Å²) < 4.78 is 10.0. The largest absolute Gasteiger partial charge is 0.494 e. The Bertz CT molecular complexity index is 2090. The molecule has 0 spiro atoms. The molecule has 5 rings (SSSR count). The zero-order valence-electron chi connectivity index (χ0n) is 29.4. The van der Waals surface area contributed by atoms with Crippen molar-refractivity contribution in [3.8, 4) is 16.9 Å². The number of nitro groups is 1. The number of ether oxygens (including phenoxy) is 1. The van der Waals surface area contributed by atoms with E-state index in [9.17, 15) is 14.9 Å². The van der Waals surface area contributed by atoms with Gasteiger partial charge in [-0.05, 0) is 94.5 Å². The number of rotatable bonds is 14. The predicted octanol–water partition coefficient (Wildman–Crippen LogP) is 8.97. The number of hydrogen-bond acceptors (Lipinski definition) is 6. The monoisotopic (exact) mass is 716 g/mol. The van der Waals surface area contributed by atoms with Crippen LogP contribution in [0.4, 0.5) is 11.4 Å². The quantitative estimate of drug-likeness (QED) is 0.0513. The summed E-state index contributed by atoms with van der Waals surface area (Å²) in [6.45, 7) is 10.7. The van der Waals surface area contributed by atoms with Crippen LogP contribution in [0.15, 0.2) is 48.7 Å². The summed E-state index contributed by atoms with van der Waals surface area (Å²) in [6, 6.07) is 12.5. The maximum Gasteiger partial charge on any atom is 0.270 e. The van der Waals surface area contributed by atoms with Crippen LogP contribution in [0.1, 0.15) is 53.4 Å². The predicted molar refractivity (Wildman–Crippen MR) is 203 cm³/mol. The molecule has 1 atom stereocenters. The van der Waals surface area contributed by atoms with E-state index < -0.39 is 0 Å². The van der Waals surface area contributed by atoms with E-state index in [1.165, 1.54) is 6.07 Å². The minimum absolute atomic E-state index is 0.0250. The topological polar surface area (TPSA) is 116 Å². The number of aromatic nitrogens is 3. The van der Waals surface area contributed by atoms with Crippen LogP contribution in [-0.2, 0) is 18.9 Å². The van der Waals surface area contributed by atoms with Gasteiger partial charge in [0.2, 0.25) is 6.41 Å². The van der Waals surface area contributed by atoms with Gasteiger partial charge in [-0.15, -0.1) is 0 Å². The zero-order chi connectivity index (χ0) is 36.3. The van der Waals surface area contributed by atoms with Crippen molar-refractivity contribution in [3.05, 3.63) is 102 Å². The molecule has 10 nitrogen and oxygen atoms in total. The Labute approximate surface area is 302 Å². The number of nitro benzene ring substituents is 1. The smallest absolute Gasteiger partial charge is 0.270 e. The first kappa shape index (κ1) is 36.5. The molecule has 0 radical (unpaired) electrons. The molecule has 2 aromatic heterocycles. The SMILES string of the molecule is Cc1cc(OCCC/C(=C\c2cn(C)c3ccc([N+](=O)[O-])cc23)c2ccc(Cl)c(-c3c(C)nn(C)c3C)c2N[C@H](C)CNC=O)cc(C)c1Cl. The molecule has 5 aromatic rings. The maximum atomic E-state index is 11.7. The van der Waals surface area contributed by atoms with Crippen molar-refractivity contribution < 1.29 is 14.5 Å². The molecule has 12 heteroatoms. The van der Waals surface area contributed by atoms with E-state index in [-0.39, 0.29) is 16.7 Å². The van der Waals surface area contributed by atoms with Crippen LogP contribution in [0.2, 0.25) is 10.0 Å². The molecule has 3 aromatic carbocycles. The summed E-state index contributed by atoms with van der Waals surface area (Å²) in [5.74, 6) is 0.756. The van der Waals surface area contributed by atoms with E-state index in [2.05, 4.69) is 21.8 Å². The Balaban J connectivity index is 1.67. The molecule has 2 N–H and O–H groups in total. The van der Waals surface area contributed by atoms with Crippen molar-refractivity contribution in [1.82, 2.24) is 19.7 Å². The van der Waals surface area contributed by atoms with Crippen molar-refractivity contribution >= 4 is 63.5 Å². The molecule has 1 amide bonds. The number of allylic oxidation sites excluding steroid dienone is 1. The maximum absolute atomic E-state index is 11.7. The Morgan fingerprint density at radius 3 is 2.42 bits per heavy atom. The standard InChI is InChI=1S/C38H42Cl2N6O4/c1-22-15-30(16-23(2)37(22)40)50-14-8-9-27(17-28-20-44(6)34-13-10-29(46(48)49)18-32(28)34)31-11-12-33(39)36(35-25(4)43-45(7)26(35)5)38(31)42-24(3)19-41-21-47/h10-13,15-18,20-21,24,42H,8-9,14,19H2,1-7H3,(H,41,47)/b27-17+/t24-/m1/s1. The first-order valence-electron chi connectivity index (χ1n) is 16.4. The Morgan fingerprint density at radius 2 is 1.78 bits per heavy atom. The van der Waals surface area contributed by atoms with Crippen LogP contribution >= 0.6 is 23.2 Å². The minimum atomic E-state index is -0.376. The molecule has 0 aliphatic rings. The third-order valence-electron chi connectivity index (χ3n) is 8.97. The third kappa shape index (κ3) is 7.66. The van der Waals surface area contributed by atoms with Crippen LogP contribution < -0.4 is 15.4 Å². The second-order valence-electron chi connectivity index (χ2n) is 12.7. The fraction of sp³-hybridized carbons (Fsp3) is 0.316. The average molecular weight is 718 g/mol. The van der Waals surface area contributed by atoms with E-state index in [0.717, 1.165) is 77.7 Å². The van der Waals surface area contributed by atoms with Crippen LogP contribution in [0, 0.1) is 37.8 Å². The number of benzene rings is 3. The summed E-state index contributed by atoms with van der Waals surface area (Å²) in [5, 5.41) is 24.9. The molecule has 0 saturated carbocycles. The van der Waals surface area contributed by atoms with Crippen molar-refractivity contribution in [1.29, 1.82) is 0 Å². The number of non-ortho nitro benzene ring substituents is 1. The van der Waals surface area contributed by atoms with E-state index in [0.29, 0.717) is 37.4 Å².